The Bertz CT molecular complexity index is 391. The van der Waals surface area contributed by atoms with Crippen molar-refractivity contribution in [2.75, 3.05) is 0 Å². The predicted molar refractivity (Wildman–Crippen MR) is 53.6 cm³/mol. The Balaban J connectivity index is 2.35. The van der Waals surface area contributed by atoms with Gasteiger partial charge in [-0.1, -0.05) is 13.3 Å². The van der Waals surface area contributed by atoms with Gasteiger partial charge in [0.1, 0.15) is 5.52 Å². The standard InChI is InChI=1S/C10H13N3O/c1-2-3-7(11)10-13-8-6-12-5-4-9(8)14-10/h4-7H,2-3,11H2,1H3. The molecule has 1 atom stereocenters. The minimum absolute atomic E-state index is 0.104. The quantitative estimate of drug-likeness (QED) is 0.806. The highest BCUT2D eigenvalue weighted by molar-refractivity contribution is 5.70. The molecule has 0 spiro atoms. The molecule has 2 aromatic rings. The number of pyridine rings is 1. The van der Waals surface area contributed by atoms with E-state index in [1.54, 1.807) is 18.5 Å². The van der Waals surface area contributed by atoms with Crippen molar-refractivity contribution in [3.63, 3.8) is 0 Å². The topological polar surface area (TPSA) is 64.9 Å². The molecule has 74 valence electrons. The van der Waals surface area contributed by atoms with Crippen molar-refractivity contribution in [3.8, 4) is 0 Å². The maximum Gasteiger partial charge on any atom is 0.212 e. The monoisotopic (exact) mass is 191 g/mol. The number of fused-ring (bicyclic) bond motifs is 1. The second-order valence-corrected chi connectivity index (χ2v) is 3.29. The number of rotatable bonds is 3. The van der Waals surface area contributed by atoms with E-state index in [9.17, 15) is 0 Å². The molecule has 0 aromatic carbocycles. The van der Waals surface area contributed by atoms with Crippen LogP contribution in [0.4, 0.5) is 0 Å². The van der Waals surface area contributed by atoms with Crippen LogP contribution in [0.15, 0.2) is 22.9 Å². The molecule has 0 bridgehead atoms. The van der Waals surface area contributed by atoms with Gasteiger partial charge < -0.3 is 10.2 Å². The van der Waals surface area contributed by atoms with Gasteiger partial charge in [-0.15, -0.1) is 0 Å². The van der Waals surface area contributed by atoms with Gasteiger partial charge in [0, 0.05) is 12.3 Å². The summed E-state index contributed by atoms with van der Waals surface area (Å²) in [7, 11) is 0. The predicted octanol–water partition coefficient (Wildman–Crippen LogP) is 2.02. The molecule has 0 aliphatic carbocycles. The van der Waals surface area contributed by atoms with E-state index in [1.165, 1.54) is 0 Å². The first-order valence-electron chi connectivity index (χ1n) is 4.77. The molecule has 0 aliphatic heterocycles. The third kappa shape index (κ3) is 1.61. The van der Waals surface area contributed by atoms with Gasteiger partial charge in [0.15, 0.2) is 5.58 Å². The largest absolute Gasteiger partial charge is 0.439 e. The fourth-order valence-electron chi connectivity index (χ4n) is 1.39. The first-order valence-corrected chi connectivity index (χ1v) is 4.77. The Kier molecular flexibility index (Phi) is 2.45. The van der Waals surface area contributed by atoms with E-state index in [4.69, 9.17) is 10.2 Å². The van der Waals surface area contributed by atoms with E-state index < -0.39 is 0 Å². The number of aromatic nitrogens is 2. The molecule has 2 heterocycles. The third-order valence-corrected chi connectivity index (χ3v) is 2.12. The van der Waals surface area contributed by atoms with Crippen molar-refractivity contribution in [2.24, 2.45) is 5.73 Å². The van der Waals surface area contributed by atoms with Crippen LogP contribution < -0.4 is 5.73 Å². The van der Waals surface area contributed by atoms with Crippen molar-refractivity contribution in [1.82, 2.24) is 9.97 Å². The first-order chi connectivity index (χ1) is 6.81. The van der Waals surface area contributed by atoms with Crippen molar-refractivity contribution >= 4 is 11.1 Å². The summed E-state index contributed by atoms with van der Waals surface area (Å²) in [4.78, 5) is 8.25. The molecular formula is C10H13N3O. The zero-order valence-corrected chi connectivity index (χ0v) is 8.10. The summed E-state index contributed by atoms with van der Waals surface area (Å²) in [6.07, 6.45) is 5.28. The lowest BCUT2D eigenvalue weighted by Gasteiger charge is -2.03. The number of oxazole rings is 1. The highest BCUT2D eigenvalue weighted by Crippen LogP contribution is 2.20. The van der Waals surface area contributed by atoms with Gasteiger partial charge in [-0.25, -0.2) is 4.98 Å². The Morgan fingerprint density at radius 2 is 2.43 bits per heavy atom. The van der Waals surface area contributed by atoms with E-state index >= 15 is 0 Å². The van der Waals surface area contributed by atoms with E-state index in [0.717, 1.165) is 23.9 Å². The van der Waals surface area contributed by atoms with Crippen LogP contribution in [0.5, 0.6) is 0 Å². The smallest absolute Gasteiger partial charge is 0.212 e. The molecule has 0 aliphatic rings. The van der Waals surface area contributed by atoms with Gasteiger partial charge in [-0.3, -0.25) is 4.98 Å². The first kappa shape index (κ1) is 9.15. The van der Waals surface area contributed by atoms with Crippen LogP contribution >= 0.6 is 0 Å². The fourth-order valence-corrected chi connectivity index (χ4v) is 1.39. The maximum atomic E-state index is 5.89. The summed E-state index contributed by atoms with van der Waals surface area (Å²) < 4.78 is 5.51. The molecule has 0 amide bonds. The zero-order valence-electron chi connectivity index (χ0n) is 8.10. The normalized spacial score (nSPS) is 13.3. The minimum Gasteiger partial charge on any atom is -0.439 e. The van der Waals surface area contributed by atoms with Gasteiger partial charge >= 0.3 is 0 Å². The van der Waals surface area contributed by atoms with Crippen molar-refractivity contribution < 1.29 is 4.42 Å². The van der Waals surface area contributed by atoms with E-state index in [-0.39, 0.29) is 6.04 Å². The number of nitrogens with zero attached hydrogens (tertiary/aromatic N) is 2. The van der Waals surface area contributed by atoms with Gasteiger partial charge in [0.25, 0.3) is 0 Å². The summed E-state index contributed by atoms with van der Waals surface area (Å²) in [6.45, 7) is 2.09. The number of nitrogens with two attached hydrogens (primary N) is 1. The average molecular weight is 191 g/mol. The van der Waals surface area contributed by atoms with E-state index in [0.29, 0.717) is 5.89 Å². The molecule has 0 radical (unpaired) electrons. The molecule has 4 nitrogen and oxygen atoms in total. The van der Waals surface area contributed by atoms with Crippen molar-refractivity contribution in [2.45, 2.75) is 25.8 Å². The highest BCUT2D eigenvalue weighted by atomic mass is 16.3. The van der Waals surface area contributed by atoms with Gasteiger partial charge in [0.05, 0.1) is 12.2 Å². The maximum absolute atomic E-state index is 5.89. The molecule has 2 aromatic heterocycles. The lowest BCUT2D eigenvalue weighted by molar-refractivity contribution is 0.456. The van der Waals surface area contributed by atoms with Crippen LogP contribution in [0.2, 0.25) is 0 Å². The Labute approximate surface area is 82.1 Å². The van der Waals surface area contributed by atoms with Crippen LogP contribution in [0.25, 0.3) is 11.1 Å². The summed E-state index contributed by atoms with van der Waals surface area (Å²) in [5.74, 6) is 0.606. The summed E-state index contributed by atoms with van der Waals surface area (Å²) in [5, 5.41) is 0. The lowest BCUT2D eigenvalue weighted by Crippen LogP contribution is -2.09. The second-order valence-electron chi connectivity index (χ2n) is 3.29. The summed E-state index contributed by atoms with van der Waals surface area (Å²) in [6, 6.07) is 1.69. The van der Waals surface area contributed by atoms with Crippen LogP contribution in [0, 0.1) is 0 Å². The highest BCUT2D eigenvalue weighted by Gasteiger charge is 2.12. The molecule has 2 rings (SSSR count). The lowest BCUT2D eigenvalue weighted by atomic mass is 10.2. The van der Waals surface area contributed by atoms with Crippen molar-refractivity contribution in [1.29, 1.82) is 0 Å². The second kappa shape index (κ2) is 3.75. The van der Waals surface area contributed by atoms with E-state index in [1.807, 2.05) is 0 Å². The molecule has 0 saturated heterocycles. The zero-order chi connectivity index (χ0) is 9.97. The molecule has 4 heteroatoms. The number of hydrogen-bond donors (Lipinski definition) is 1. The Hall–Kier alpha value is -1.42. The van der Waals surface area contributed by atoms with Gasteiger partial charge in [-0.2, -0.15) is 0 Å². The van der Waals surface area contributed by atoms with Crippen LogP contribution in [0.1, 0.15) is 31.7 Å². The average Bonchev–Trinajstić information content (AvgIpc) is 2.61. The third-order valence-electron chi connectivity index (χ3n) is 2.12. The van der Waals surface area contributed by atoms with Crippen LogP contribution in [0.3, 0.4) is 0 Å². The van der Waals surface area contributed by atoms with Crippen LogP contribution in [-0.2, 0) is 0 Å². The van der Waals surface area contributed by atoms with Gasteiger partial charge in [-0.05, 0) is 6.42 Å². The molecule has 0 saturated carbocycles. The van der Waals surface area contributed by atoms with Gasteiger partial charge in [0.2, 0.25) is 5.89 Å². The Morgan fingerprint density at radius 1 is 1.57 bits per heavy atom. The SMILES string of the molecule is CCCC(N)c1nc2cnccc2o1. The van der Waals surface area contributed by atoms with Crippen LogP contribution in [-0.4, -0.2) is 9.97 Å². The summed E-state index contributed by atoms with van der Waals surface area (Å²) >= 11 is 0. The molecule has 0 fully saturated rings. The van der Waals surface area contributed by atoms with E-state index in [2.05, 4.69) is 16.9 Å². The minimum atomic E-state index is -0.104. The number of hydrogen-bond acceptors (Lipinski definition) is 4. The summed E-state index contributed by atoms with van der Waals surface area (Å²) in [5.41, 5.74) is 7.42. The van der Waals surface area contributed by atoms with Crippen molar-refractivity contribution in [3.05, 3.63) is 24.4 Å². The molecule has 14 heavy (non-hydrogen) atoms. The molecule has 1 unspecified atom stereocenters. The Morgan fingerprint density at radius 3 is 3.14 bits per heavy atom. The molecule has 2 N–H and O–H groups in total. The molecular weight excluding hydrogens is 178 g/mol. The fraction of sp³-hybridized carbons (Fsp3) is 0.400.